The fraction of sp³-hybridized carbons (Fsp3) is 0.846. The van der Waals surface area contributed by atoms with Crippen LogP contribution in [0.15, 0.2) is 0 Å². The average molecular weight is 257 g/mol. The molecular formula is C13H23NO4. The molecule has 0 aromatic rings. The molecule has 0 aromatic carbocycles. The SMILES string of the molecule is CCCOC(=O)C1CCCN1C(=O)OCC(C)C. The molecule has 18 heavy (non-hydrogen) atoms. The molecule has 1 aliphatic heterocycles. The molecule has 1 fully saturated rings. The molecule has 0 bridgehead atoms. The molecule has 0 saturated carbocycles. The van der Waals surface area contributed by atoms with Gasteiger partial charge in [-0.05, 0) is 25.2 Å². The van der Waals surface area contributed by atoms with Crippen molar-refractivity contribution in [2.24, 2.45) is 5.92 Å². The summed E-state index contributed by atoms with van der Waals surface area (Å²) in [5.41, 5.74) is 0. The Hall–Kier alpha value is -1.26. The highest BCUT2D eigenvalue weighted by molar-refractivity contribution is 5.82. The van der Waals surface area contributed by atoms with Crippen molar-refractivity contribution < 1.29 is 19.1 Å². The zero-order chi connectivity index (χ0) is 13.5. The van der Waals surface area contributed by atoms with E-state index in [1.54, 1.807) is 0 Å². The van der Waals surface area contributed by atoms with Gasteiger partial charge in [0.2, 0.25) is 0 Å². The number of hydrogen-bond acceptors (Lipinski definition) is 4. The summed E-state index contributed by atoms with van der Waals surface area (Å²) in [6.07, 6.45) is 1.87. The summed E-state index contributed by atoms with van der Waals surface area (Å²) in [6, 6.07) is -0.462. The predicted molar refractivity (Wildman–Crippen MR) is 67.2 cm³/mol. The van der Waals surface area contributed by atoms with E-state index >= 15 is 0 Å². The van der Waals surface area contributed by atoms with Gasteiger partial charge in [-0.2, -0.15) is 0 Å². The van der Waals surface area contributed by atoms with Gasteiger partial charge in [0.05, 0.1) is 13.2 Å². The smallest absolute Gasteiger partial charge is 0.410 e. The first-order valence-electron chi connectivity index (χ1n) is 6.66. The lowest BCUT2D eigenvalue weighted by Crippen LogP contribution is -2.42. The Morgan fingerprint density at radius 1 is 1.33 bits per heavy atom. The predicted octanol–water partition coefficient (Wildman–Crippen LogP) is 2.20. The van der Waals surface area contributed by atoms with Crippen LogP contribution in [0.3, 0.4) is 0 Å². The van der Waals surface area contributed by atoms with Crippen LogP contribution in [0.1, 0.15) is 40.0 Å². The van der Waals surface area contributed by atoms with E-state index in [4.69, 9.17) is 9.47 Å². The highest BCUT2D eigenvalue weighted by Gasteiger charge is 2.36. The number of hydrogen-bond donors (Lipinski definition) is 0. The normalized spacial score (nSPS) is 19.1. The molecule has 5 nitrogen and oxygen atoms in total. The highest BCUT2D eigenvalue weighted by Crippen LogP contribution is 2.19. The second kappa shape index (κ2) is 7.24. The van der Waals surface area contributed by atoms with Crippen LogP contribution in [0.2, 0.25) is 0 Å². The van der Waals surface area contributed by atoms with E-state index < -0.39 is 12.1 Å². The van der Waals surface area contributed by atoms with Crippen LogP contribution < -0.4 is 0 Å². The van der Waals surface area contributed by atoms with Crippen LogP contribution in [-0.4, -0.2) is 42.8 Å². The largest absolute Gasteiger partial charge is 0.464 e. The van der Waals surface area contributed by atoms with Gasteiger partial charge < -0.3 is 9.47 Å². The van der Waals surface area contributed by atoms with Crippen molar-refractivity contribution in [3.63, 3.8) is 0 Å². The van der Waals surface area contributed by atoms with Gasteiger partial charge >= 0.3 is 12.1 Å². The van der Waals surface area contributed by atoms with Crippen LogP contribution in [0.5, 0.6) is 0 Å². The van der Waals surface area contributed by atoms with Gasteiger partial charge in [0.25, 0.3) is 0 Å². The van der Waals surface area contributed by atoms with Crippen molar-refractivity contribution in [2.45, 2.75) is 46.1 Å². The standard InChI is InChI=1S/C13H23NO4/c1-4-8-17-12(15)11-6-5-7-14(11)13(16)18-9-10(2)3/h10-11H,4-9H2,1-3H3. The summed E-state index contributed by atoms with van der Waals surface area (Å²) in [5, 5.41) is 0. The summed E-state index contributed by atoms with van der Waals surface area (Å²) in [5.74, 6) is -0.0158. The Bertz CT molecular complexity index is 291. The minimum atomic E-state index is -0.462. The van der Waals surface area contributed by atoms with Crippen molar-refractivity contribution in [3.8, 4) is 0 Å². The summed E-state index contributed by atoms with van der Waals surface area (Å²) in [7, 11) is 0. The fourth-order valence-corrected chi connectivity index (χ4v) is 1.85. The van der Waals surface area contributed by atoms with Crippen LogP contribution >= 0.6 is 0 Å². The van der Waals surface area contributed by atoms with Crippen molar-refractivity contribution >= 4 is 12.1 Å². The number of amides is 1. The van der Waals surface area contributed by atoms with Crippen LogP contribution in [0, 0.1) is 5.92 Å². The lowest BCUT2D eigenvalue weighted by Gasteiger charge is -2.23. The van der Waals surface area contributed by atoms with Gasteiger partial charge in [0.1, 0.15) is 6.04 Å². The van der Waals surface area contributed by atoms with Crippen molar-refractivity contribution in [3.05, 3.63) is 0 Å². The van der Waals surface area contributed by atoms with Gasteiger partial charge in [0, 0.05) is 6.54 Å². The van der Waals surface area contributed by atoms with Gasteiger partial charge in [-0.25, -0.2) is 9.59 Å². The second-order valence-corrected chi connectivity index (χ2v) is 4.99. The maximum atomic E-state index is 11.8. The summed E-state index contributed by atoms with van der Waals surface area (Å²) in [6.45, 7) is 7.25. The third-order valence-corrected chi connectivity index (χ3v) is 2.75. The number of esters is 1. The molecule has 1 saturated heterocycles. The van der Waals surface area contributed by atoms with Gasteiger partial charge in [-0.3, -0.25) is 4.90 Å². The minimum Gasteiger partial charge on any atom is -0.464 e. The number of ether oxygens (including phenoxy) is 2. The number of carbonyl (C=O) groups is 2. The maximum Gasteiger partial charge on any atom is 0.410 e. The van der Waals surface area contributed by atoms with E-state index in [-0.39, 0.29) is 5.97 Å². The van der Waals surface area contributed by atoms with E-state index in [1.807, 2.05) is 20.8 Å². The topological polar surface area (TPSA) is 55.8 Å². The Balaban J connectivity index is 2.48. The molecule has 0 aromatic heterocycles. The molecule has 0 spiro atoms. The zero-order valence-corrected chi connectivity index (χ0v) is 11.5. The summed E-state index contributed by atoms with van der Waals surface area (Å²) in [4.78, 5) is 25.1. The Kier molecular flexibility index (Phi) is 5.95. The molecule has 0 aliphatic carbocycles. The molecule has 104 valence electrons. The molecule has 0 radical (unpaired) electrons. The third-order valence-electron chi connectivity index (χ3n) is 2.75. The lowest BCUT2D eigenvalue weighted by molar-refractivity contribution is -0.148. The number of likely N-dealkylation sites (tertiary alicyclic amines) is 1. The fourth-order valence-electron chi connectivity index (χ4n) is 1.85. The van der Waals surface area contributed by atoms with E-state index in [2.05, 4.69) is 0 Å². The number of nitrogens with zero attached hydrogens (tertiary/aromatic N) is 1. The molecule has 0 N–H and O–H groups in total. The summed E-state index contributed by atoms with van der Waals surface area (Å²) < 4.78 is 10.2. The monoisotopic (exact) mass is 257 g/mol. The zero-order valence-electron chi connectivity index (χ0n) is 11.5. The Morgan fingerprint density at radius 2 is 2.06 bits per heavy atom. The molecule has 1 unspecified atom stereocenters. The van der Waals surface area contributed by atoms with Crippen LogP contribution in [-0.2, 0) is 14.3 Å². The third kappa shape index (κ3) is 4.20. The summed E-state index contributed by atoms with van der Waals surface area (Å²) >= 11 is 0. The number of carbonyl (C=O) groups excluding carboxylic acids is 2. The lowest BCUT2D eigenvalue weighted by atomic mass is 10.2. The van der Waals surface area contributed by atoms with Crippen molar-refractivity contribution in [1.82, 2.24) is 4.90 Å². The second-order valence-electron chi connectivity index (χ2n) is 4.99. The number of rotatable bonds is 5. The maximum absolute atomic E-state index is 11.8. The van der Waals surface area contributed by atoms with Gasteiger partial charge in [0.15, 0.2) is 0 Å². The van der Waals surface area contributed by atoms with E-state index in [1.165, 1.54) is 4.90 Å². The van der Waals surface area contributed by atoms with Gasteiger partial charge in [-0.15, -0.1) is 0 Å². The van der Waals surface area contributed by atoms with Crippen molar-refractivity contribution in [1.29, 1.82) is 0 Å². The molecule has 1 amide bonds. The quantitative estimate of drug-likeness (QED) is 0.708. The Labute approximate surface area is 108 Å². The molecular weight excluding hydrogens is 234 g/mol. The molecule has 1 aliphatic rings. The van der Waals surface area contributed by atoms with E-state index in [0.717, 1.165) is 12.8 Å². The average Bonchev–Trinajstić information content (AvgIpc) is 2.82. The first kappa shape index (κ1) is 14.8. The molecule has 1 atom stereocenters. The van der Waals surface area contributed by atoms with Gasteiger partial charge in [-0.1, -0.05) is 20.8 Å². The van der Waals surface area contributed by atoms with Crippen LogP contribution in [0.25, 0.3) is 0 Å². The van der Waals surface area contributed by atoms with E-state index in [9.17, 15) is 9.59 Å². The first-order chi connectivity index (χ1) is 8.56. The highest BCUT2D eigenvalue weighted by atomic mass is 16.6. The molecule has 5 heteroatoms. The minimum absolute atomic E-state index is 0.294. The Morgan fingerprint density at radius 3 is 2.67 bits per heavy atom. The molecule has 1 rings (SSSR count). The van der Waals surface area contributed by atoms with E-state index in [0.29, 0.717) is 32.1 Å². The van der Waals surface area contributed by atoms with Crippen molar-refractivity contribution in [2.75, 3.05) is 19.8 Å². The van der Waals surface area contributed by atoms with Crippen LogP contribution in [0.4, 0.5) is 4.79 Å². The first-order valence-corrected chi connectivity index (χ1v) is 6.66. The molecule has 1 heterocycles.